The van der Waals surface area contributed by atoms with E-state index in [4.69, 9.17) is 0 Å². The first-order valence-electron chi connectivity index (χ1n) is 8.57. The summed E-state index contributed by atoms with van der Waals surface area (Å²) in [5, 5.41) is 4.87. The second kappa shape index (κ2) is 8.46. The van der Waals surface area contributed by atoms with Crippen LogP contribution in [0.2, 0.25) is 0 Å². The molecule has 0 atom stereocenters. The Morgan fingerprint density at radius 2 is 1.30 bits per heavy atom. The van der Waals surface area contributed by atoms with Crippen molar-refractivity contribution in [2.45, 2.75) is 11.1 Å². The van der Waals surface area contributed by atoms with Crippen molar-refractivity contribution >= 4 is 33.1 Å². The average molecular weight is 435 g/mol. The lowest BCUT2D eigenvalue weighted by Crippen LogP contribution is -2.21. The number of alkyl halides is 3. The Hall–Kier alpha value is -3.53. The molecule has 0 fully saturated rings. The van der Waals surface area contributed by atoms with Crippen molar-refractivity contribution in [1.82, 2.24) is 0 Å². The molecule has 3 aromatic carbocycles. The summed E-state index contributed by atoms with van der Waals surface area (Å²) in [7, 11) is -3.88. The SMILES string of the molecule is O=C(Nc1ccc(C(F)(F)F)cc1)Nc1ccccc1NS(=O)(=O)c1ccccc1. The van der Waals surface area contributed by atoms with E-state index in [-0.39, 0.29) is 22.0 Å². The minimum absolute atomic E-state index is 0.0500. The van der Waals surface area contributed by atoms with Gasteiger partial charge in [-0.15, -0.1) is 0 Å². The highest BCUT2D eigenvalue weighted by atomic mass is 32.2. The molecule has 0 aliphatic rings. The maximum Gasteiger partial charge on any atom is 0.416 e. The van der Waals surface area contributed by atoms with E-state index in [1.807, 2.05) is 0 Å². The Morgan fingerprint density at radius 1 is 0.733 bits per heavy atom. The van der Waals surface area contributed by atoms with E-state index in [2.05, 4.69) is 15.4 Å². The molecule has 0 aromatic heterocycles. The van der Waals surface area contributed by atoms with Crippen molar-refractivity contribution in [3.05, 3.63) is 84.4 Å². The second-order valence-electron chi connectivity index (χ2n) is 6.12. The number of benzene rings is 3. The highest BCUT2D eigenvalue weighted by Gasteiger charge is 2.30. The highest BCUT2D eigenvalue weighted by Crippen LogP contribution is 2.30. The number of carbonyl (C=O) groups is 1. The van der Waals surface area contributed by atoms with Crippen molar-refractivity contribution in [3.63, 3.8) is 0 Å². The first-order chi connectivity index (χ1) is 14.1. The third-order valence-electron chi connectivity index (χ3n) is 3.94. The molecule has 6 nitrogen and oxygen atoms in total. The summed E-state index contributed by atoms with van der Waals surface area (Å²) in [5.74, 6) is 0. The summed E-state index contributed by atoms with van der Waals surface area (Å²) in [4.78, 5) is 12.3. The van der Waals surface area contributed by atoms with Gasteiger partial charge in [0, 0.05) is 5.69 Å². The van der Waals surface area contributed by atoms with E-state index >= 15 is 0 Å². The van der Waals surface area contributed by atoms with Gasteiger partial charge in [0.1, 0.15) is 0 Å². The van der Waals surface area contributed by atoms with Crippen LogP contribution in [-0.2, 0) is 16.2 Å². The van der Waals surface area contributed by atoms with Crippen LogP contribution >= 0.6 is 0 Å². The standard InChI is InChI=1S/C20H16F3N3O3S/c21-20(22,23)14-10-12-15(13-11-14)24-19(27)25-17-8-4-5-9-18(17)26-30(28,29)16-6-2-1-3-7-16/h1-13,26H,(H2,24,25,27). The first-order valence-corrected chi connectivity index (χ1v) is 10.1. The molecule has 3 rings (SSSR count). The number of halogens is 3. The lowest BCUT2D eigenvalue weighted by atomic mass is 10.2. The Morgan fingerprint density at radius 3 is 1.90 bits per heavy atom. The monoisotopic (exact) mass is 435 g/mol. The van der Waals surface area contributed by atoms with Crippen molar-refractivity contribution < 1.29 is 26.4 Å². The Balaban J connectivity index is 1.72. The van der Waals surface area contributed by atoms with Gasteiger partial charge in [-0.3, -0.25) is 4.72 Å². The number of rotatable bonds is 5. The molecule has 0 bridgehead atoms. The summed E-state index contributed by atoms with van der Waals surface area (Å²) in [6.45, 7) is 0. The van der Waals surface area contributed by atoms with Gasteiger partial charge in [0.15, 0.2) is 0 Å². The minimum atomic E-state index is -4.48. The van der Waals surface area contributed by atoms with E-state index in [9.17, 15) is 26.4 Å². The van der Waals surface area contributed by atoms with Crippen LogP contribution in [0.3, 0.4) is 0 Å². The van der Waals surface area contributed by atoms with Crippen LogP contribution in [0.1, 0.15) is 5.56 Å². The third kappa shape index (κ3) is 5.29. The van der Waals surface area contributed by atoms with Gasteiger partial charge in [-0.05, 0) is 48.5 Å². The van der Waals surface area contributed by atoms with Crippen LogP contribution < -0.4 is 15.4 Å². The van der Waals surface area contributed by atoms with Gasteiger partial charge in [0.25, 0.3) is 10.0 Å². The zero-order chi connectivity index (χ0) is 21.8. The summed E-state index contributed by atoms with van der Waals surface area (Å²) < 4.78 is 65.3. The number of anilines is 3. The van der Waals surface area contributed by atoms with Gasteiger partial charge >= 0.3 is 12.2 Å². The Bertz CT molecular complexity index is 1130. The number of sulfonamides is 1. The van der Waals surface area contributed by atoms with Gasteiger partial charge in [-0.1, -0.05) is 30.3 Å². The number of hydrogen-bond donors (Lipinski definition) is 3. The van der Waals surface area contributed by atoms with Crippen molar-refractivity contribution in [2.75, 3.05) is 15.4 Å². The molecule has 0 aliphatic carbocycles. The van der Waals surface area contributed by atoms with Gasteiger partial charge in [0.2, 0.25) is 0 Å². The molecule has 10 heteroatoms. The van der Waals surface area contributed by atoms with Crippen LogP contribution in [0.4, 0.5) is 35.0 Å². The molecule has 3 aromatic rings. The summed E-state index contributed by atoms with van der Waals surface area (Å²) in [6, 6.07) is 17.0. The normalized spacial score (nSPS) is 11.6. The maximum absolute atomic E-state index is 12.6. The summed E-state index contributed by atoms with van der Waals surface area (Å²) >= 11 is 0. The molecular formula is C20H16F3N3O3S. The number of nitrogens with one attached hydrogen (secondary N) is 3. The van der Waals surface area contributed by atoms with Gasteiger partial charge < -0.3 is 10.6 Å². The largest absolute Gasteiger partial charge is 0.416 e. The Kier molecular flexibility index (Phi) is 5.97. The van der Waals surface area contributed by atoms with Crippen molar-refractivity contribution in [3.8, 4) is 0 Å². The summed E-state index contributed by atoms with van der Waals surface area (Å²) in [5.41, 5.74) is -0.401. The lowest BCUT2D eigenvalue weighted by Gasteiger charge is -2.14. The number of hydrogen-bond acceptors (Lipinski definition) is 3. The fraction of sp³-hybridized carbons (Fsp3) is 0.0500. The molecular weight excluding hydrogens is 419 g/mol. The van der Waals surface area contributed by atoms with E-state index in [0.717, 1.165) is 24.3 Å². The number of urea groups is 1. The minimum Gasteiger partial charge on any atom is -0.308 e. The molecule has 30 heavy (non-hydrogen) atoms. The second-order valence-corrected chi connectivity index (χ2v) is 7.80. The zero-order valence-electron chi connectivity index (χ0n) is 15.3. The molecule has 3 N–H and O–H groups in total. The van der Waals surface area contributed by atoms with E-state index in [0.29, 0.717) is 0 Å². The topological polar surface area (TPSA) is 87.3 Å². The van der Waals surface area contributed by atoms with Crippen LogP contribution in [-0.4, -0.2) is 14.4 Å². The number of amides is 2. The smallest absolute Gasteiger partial charge is 0.308 e. The van der Waals surface area contributed by atoms with Gasteiger partial charge in [-0.25, -0.2) is 13.2 Å². The quantitative estimate of drug-likeness (QED) is 0.518. The zero-order valence-corrected chi connectivity index (χ0v) is 16.1. The first kappa shape index (κ1) is 21.2. The molecule has 0 spiro atoms. The van der Waals surface area contributed by atoms with Gasteiger partial charge in [-0.2, -0.15) is 13.2 Å². The van der Waals surface area contributed by atoms with Crippen molar-refractivity contribution in [2.24, 2.45) is 0 Å². The van der Waals surface area contributed by atoms with E-state index in [1.54, 1.807) is 30.3 Å². The van der Waals surface area contributed by atoms with Crippen LogP contribution in [0.5, 0.6) is 0 Å². The lowest BCUT2D eigenvalue weighted by molar-refractivity contribution is -0.137. The molecule has 0 saturated carbocycles. The molecule has 2 amide bonds. The average Bonchev–Trinajstić information content (AvgIpc) is 2.70. The Labute approximate surface area is 170 Å². The summed E-state index contributed by atoms with van der Waals surface area (Å²) in [6.07, 6.45) is -4.48. The van der Waals surface area contributed by atoms with Crippen LogP contribution in [0, 0.1) is 0 Å². The predicted molar refractivity (Wildman–Crippen MR) is 108 cm³/mol. The third-order valence-corrected chi connectivity index (χ3v) is 5.32. The van der Waals surface area contributed by atoms with Crippen LogP contribution in [0.25, 0.3) is 0 Å². The molecule has 0 unspecified atom stereocenters. The molecule has 0 saturated heterocycles. The molecule has 0 radical (unpaired) electrons. The fourth-order valence-corrected chi connectivity index (χ4v) is 3.61. The molecule has 156 valence electrons. The number of carbonyl (C=O) groups excluding carboxylic acids is 1. The molecule has 0 heterocycles. The maximum atomic E-state index is 12.6. The molecule has 0 aliphatic heterocycles. The number of para-hydroxylation sites is 2. The fourth-order valence-electron chi connectivity index (χ4n) is 2.51. The van der Waals surface area contributed by atoms with Crippen molar-refractivity contribution in [1.29, 1.82) is 0 Å². The van der Waals surface area contributed by atoms with Gasteiger partial charge in [0.05, 0.1) is 21.8 Å². The van der Waals surface area contributed by atoms with E-state index in [1.165, 1.54) is 24.3 Å². The van der Waals surface area contributed by atoms with Crippen LogP contribution in [0.15, 0.2) is 83.8 Å². The predicted octanol–water partition coefficient (Wildman–Crippen LogP) is 5.15. The van der Waals surface area contributed by atoms with E-state index < -0.39 is 27.8 Å². The highest BCUT2D eigenvalue weighted by molar-refractivity contribution is 7.92.